The third-order valence-corrected chi connectivity index (χ3v) is 2.77. The van der Waals surface area contributed by atoms with Gasteiger partial charge in [-0.1, -0.05) is 0 Å². The molecule has 0 saturated heterocycles. The summed E-state index contributed by atoms with van der Waals surface area (Å²) in [5.74, 6) is 1.56. The lowest BCUT2D eigenvalue weighted by Crippen LogP contribution is -2.20. The van der Waals surface area contributed by atoms with E-state index in [0.717, 1.165) is 17.1 Å². The Morgan fingerprint density at radius 2 is 1.85 bits per heavy atom. The van der Waals surface area contributed by atoms with Gasteiger partial charge in [0.25, 0.3) is 0 Å². The van der Waals surface area contributed by atoms with Crippen molar-refractivity contribution in [1.82, 2.24) is 0 Å². The van der Waals surface area contributed by atoms with E-state index in [0.29, 0.717) is 33.0 Å². The fraction of sp³-hybridized carbons (Fsp3) is 0.533. The molecule has 1 heterocycles. The molecule has 20 heavy (non-hydrogen) atoms. The Bertz CT molecular complexity index is 441. The first-order valence-corrected chi connectivity index (χ1v) is 6.96. The van der Waals surface area contributed by atoms with Crippen LogP contribution in [0.15, 0.2) is 23.2 Å². The standard InChI is InChI=1S/C15H21NO4/c1-3-17-15(18-4-2)11-16-10-12-5-6-13-14(9-12)20-8-7-19-13/h5-6,9-10,15H,3-4,7-8,11H2,1-2H3. The predicted octanol–water partition coefficient (Wildman–Crippen LogP) is 2.28. The van der Waals surface area contributed by atoms with Gasteiger partial charge in [-0.2, -0.15) is 0 Å². The van der Waals surface area contributed by atoms with Gasteiger partial charge in [0.2, 0.25) is 0 Å². The Morgan fingerprint density at radius 3 is 2.55 bits per heavy atom. The summed E-state index contributed by atoms with van der Waals surface area (Å²) < 4.78 is 21.9. The van der Waals surface area contributed by atoms with Crippen LogP contribution in [0.25, 0.3) is 0 Å². The topological polar surface area (TPSA) is 49.3 Å². The number of nitrogens with zero attached hydrogens (tertiary/aromatic N) is 1. The fourth-order valence-corrected chi connectivity index (χ4v) is 1.91. The van der Waals surface area contributed by atoms with Crippen molar-refractivity contribution in [2.24, 2.45) is 4.99 Å². The van der Waals surface area contributed by atoms with Crippen molar-refractivity contribution >= 4 is 6.21 Å². The molecule has 1 aromatic carbocycles. The van der Waals surface area contributed by atoms with E-state index in [9.17, 15) is 0 Å². The molecule has 110 valence electrons. The van der Waals surface area contributed by atoms with Gasteiger partial charge in [-0.15, -0.1) is 0 Å². The number of fused-ring (bicyclic) bond motifs is 1. The summed E-state index contributed by atoms with van der Waals surface area (Å²) in [6, 6.07) is 5.78. The third kappa shape index (κ3) is 4.21. The van der Waals surface area contributed by atoms with Crippen LogP contribution in [-0.4, -0.2) is 45.5 Å². The van der Waals surface area contributed by atoms with Crippen LogP contribution in [0.1, 0.15) is 19.4 Å². The van der Waals surface area contributed by atoms with Crippen molar-refractivity contribution in [3.63, 3.8) is 0 Å². The Kier molecular flexibility index (Phi) is 5.83. The highest BCUT2D eigenvalue weighted by Crippen LogP contribution is 2.30. The molecule has 0 radical (unpaired) electrons. The van der Waals surface area contributed by atoms with E-state index in [1.165, 1.54) is 0 Å². The number of ether oxygens (including phenoxy) is 4. The van der Waals surface area contributed by atoms with Crippen molar-refractivity contribution in [2.45, 2.75) is 20.1 Å². The largest absolute Gasteiger partial charge is 0.486 e. The minimum absolute atomic E-state index is 0.279. The van der Waals surface area contributed by atoms with Gasteiger partial charge in [0.15, 0.2) is 17.8 Å². The molecule has 0 bridgehead atoms. The van der Waals surface area contributed by atoms with Crippen molar-refractivity contribution in [3.05, 3.63) is 23.8 Å². The van der Waals surface area contributed by atoms with E-state index >= 15 is 0 Å². The van der Waals surface area contributed by atoms with E-state index in [1.54, 1.807) is 6.21 Å². The molecule has 0 unspecified atom stereocenters. The quantitative estimate of drug-likeness (QED) is 0.567. The summed E-state index contributed by atoms with van der Waals surface area (Å²) in [5.41, 5.74) is 0.973. The van der Waals surface area contributed by atoms with E-state index in [1.807, 2.05) is 32.0 Å². The van der Waals surface area contributed by atoms with E-state index in [-0.39, 0.29) is 6.29 Å². The van der Waals surface area contributed by atoms with Gasteiger partial charge in [0, 0.05) is 19.4 Å². The van der Waals surface area contributed by atoms with E-state index < -0.39 is 0 Å². The predicted molar refractivity (Wildman–Crippen MR) is 76.9 cm³/mol. The zero-order valence-electron chi connectivity index (χ0n) is 12.0. The van der Waals surface area contributed by atoms with Crippen molar-refractivity contribution < 1.29 is 18.9 Å². The van der Waals surface area contributed by atoms with E-state index in [2.05, 4.69) is 4.99 Å². The maximum absolute atomic E-state index is 5.53. The normalized spacial score (nSPS) is 14.2. The molecule has 0 saturated carbocycles. The molecule has 0 N–H and O–H groups in total. The lowest BCUT2D eigenvalue weighted by molar-refractivity contribution is -0.128. The average Bonchev–Trinajstić information content (AvgIpc) is 2.47. The highest BCUT2D eigenvalue weighted by molar-refractivity contribution is 5.81. The molecule has 5 heteroatoms. The van der Waals surface area contributed by atoms with Crippen molar-refractivity contribution in [1.29, 1.82) is 0 Å². The molecule has 1 aliphatic rings. The zero-order chi connectivity index (χ0) is 14.2. The Hall–Kier alpha value is -1.59. The molecule has 0 fully saturated rings. The molecular formula is C15H21NO4. The molecule has 0 spiro atoms. The Balaban J connectivity index is 1.93. The minimum Gasteiger partial charge on any atom is -0.486 e. The maximum atomic E-state index is 5.53. The van der Waals surface area contributed by atoms with Crippen LogP contribution >= 0.6 is 0 Å². The minimum atomic E-state index is -0.279. The molecule has 0 amide bonds. The molecule has 0 atom stereocenters. The molecule has 0 aromatic heterocycles. The summed E-state index contributed by atoms with van der Waals surface area (Å²) in [6.45, 7) is 6.78. The third-order valence-electron chi connectivity index (χ3n) is 2.77. The fourth-order valence-electron chi connectivity index (χ4n) is 1.91. The Labute approximate surface area is 119 Å². The van der Waals surface area contributed by atoms with Gasteiger partial charge in [-0.3, -0.25) is 4.99 Å². The van der Waals surface area contributed by atoms with Gasteiger partial charge in [-0.25, -0.2) is 0 Å². The van der Waals surface area contributed by atoms with Crippen LogP contribution in [0.5, 0.6) is 11.5 Å². The first kappa shape index (κ1) is 14.8. The van der Waals surface area contributed by atoms with Gasteiger partial charge in [-0.05, 0) is 37.6 Å². The first-order chi connectivity index (χ1) is 9.83. The highest BCUT2D eigenvalue weighted by atomic mass is 16.7. The van der Waals surface area contributed by atoms with Gasteiger partial charge in [0.05, 0.1) is 6.54 Å². The Morgan fingerprint density at radius 1 is 1.15 bits per heavy atom. The van der Waals surface area contributed by atoms with Crippen LogP contribution in [-0.2, 0) is 9.47 Å². The molecule has 2 rings (SSSR count). The van der Waals surface area contributed by atoms with Crippen molar-refractivity contribution in [3.8, 4) is 11.5 Å². The molecule has 0 aliphatic carbocycles. The van der Waals surface area contributed by atoms with Gasteiger partial charge in [0.1, 0.15) is 13.2 Å². The zero-order valence-corrected chi connectivity index (χ0v) is 12.0. The second-order valence-corrected chi connectivity index (χ2v) is 4.24. The van der Waals surface area contributed by atoms with Crippen LogP contribution in [0.4, 0.5) is 0 Å². The smallest absolute Gasteiger partial charge is 0.176 e. The number of aliphatic imine (C=N–C) groups is 1. The number of hydrogen-bond donors (Lipinski definition) is 0. The summed E-state index contributed by atoms with van der Waals surface area (Å²) in [5, 5.41) is 0. The summed E-state index contributed by atoms with van der Waals surface area (Å²) >= 11 is 0. The summed E-state index contributed by atoms with van der Waals surface area (Å²) in [4.78, 5) is 4.36. The van der Waals surface area contributed by atoms with Crippen LogP contribution in [0.2, 0.25) is 0 Å². The van der Waals surface area contributed by atoms with Gasteiger partial charge < -0.3 is 18.9 Å². The highest BCUT2D eigenvalue weighted by Gasteiger charge is 2.11. The summed E-state index contributed by atoms with van der Waals surface area (Å²) in [7, 11) is 0. The maximum Gasteiger partial charge on any atom is 0.176 e. The lowest BCUT2D eigenvalue weighted by Gasteiger charge is -2.18. The van der Waals surface area contributed by atoms with Gasteiger partial charge >= 0.3 is 0 Å². The van der Waals surface area contributed by atoms with Crippen LogP contribution in [0.3, 0.4) is 0 Å². The SMILES string of the molecule is CCOC(CN=Cc1ccc2c(c1)OCCO2)OCC. The molecule has 5 nitrogen and oxygen atoms in total. The molecule has 1 aromatic rings. The first-order valence-electron chi connectivity index (χ1n) is 6.96. The summed E-state index contributed by atoms with van der Waals surface area (Å²) in [6.07, 6.45) is 1.52. The second-order valence-electron chi connectivity index (χ2n) is 4.24. The average molecular weight is 279 g/mol. The van der Waals surface area contributed by atoms with Crippen LogP contribution in [0, 0.1) is 0 Å². The van der Waals surface area contributed by atoms with E-state index in [4.69, 9.17) is 18.9 Å². The number of hydrogen-bond acceptors (Lipinski definition) is 5. The number of benzene rings is 1. The second kappa shape index (κ2) is 7.87. The molecular weight excluding hydrogens is 258 g/mol. The van der Waals surface area contributed by atoms with Crippen molar-refractivity contribution in [2.75, 3.05) is 33.0 Å². The molecule has 1 aliphatic heterocycles. The monoisotopic (exact) mass is 279 g/mol. The number of rotatable bonds is 7. The lowest BCUT2D eigenvalue weighted by atomic mass is 10.2. The van der Waals surface area contributed by atoms with Crippen LogP contribution < -0.4 is 9.47 Å².